The number of amides is 1. The number of sulfonamides is 2. The van der Waals surface area contributed by atoms with E-state index in [1.54, 1.807) is 19.6 Å². The third kappa shape index (κ3) is 15.4. The molecule has 0 bridgehead atoms. The quantitative estimate of drug-likeness (QED) is 0.0532. The van der Waals surface area contributed by atoms with Crippen molar-refractivity contribution in [2.45, 2.75) is 151 Å². The van der Waals surface area contributed by atoms with Gasteiger partial charge in [0.2, 0.25) is 17.7 Å². The molecule has 23 heteroatoms. The Morgan fingerprint density at radius 3 is 1.52 bits per heavy atom. The van der Waals surface area contributed by atoms with Crippen LogP contribution in [-0.4, -0.2) is 78.4 Å². The zero-order chi connectivity index (χ0) is 43.8. The number of hydrogen-bond acceptors (Lipinski definition) is 15. The molecule has 0 aliphatic heterocycles. The van der Waals surface area contributed by atoms with Crippen molar-refractivity contribution in [3.63, 3.8) is 0 Å². The normalized spacial score (nSPS) is 16.4. The van der Waals surface area contributed by atoms with Gasteiger partial charge in [-0.1, -0.05) is 100 Å². The molecule has 2 atom stereocenters. The average Bonchev–Trinajstić information content (AvgIpc) is 4.08. The van der Waals surface area contributed by atoms with E-state index < -0.39 is 31.9 Å². The zero-order valence-electron chi connectivity index (χ0n) is 34.8. The van der Waals surface area contributed by atoms with E-state index in [-0.39, 0.29) is 71.2 Å². The summed E-state index contributed by atoms with van der Waals surface area (Å²) in [5.41, 5.74) is 1.65. The molecule has 0 unspecified atom stereocenters. The fraction of sp³-hybridized carbons (Fsp3) is 0.684. The lowest BCUT2D eigenvalue weighted by Gasteiger charge is -2.22. The largest absolute Gasteiger partial charge is 0.481 e. The lowest BCUT2D eigenvalue weighted by molar-refractivity contribution is -0.137. The first-order valence-electron chi connectivity index (χ1n) is 21.0. The first-order valence-corrected chi connectivity index (χ1v) is 23.9. The monoisotopic (exact) mass is 893 g/mol. The molecule has 4 aromatic heterocycles. The maximum atomic E-state index is 12.3. The standard InChI is InChI=1S/C19H30N6O5S.C19H29N5O5S/c1-25-12-18(20-13-25)31(28,29)21-11-16-22-19(30-24-16)15(10-17(26)23-27)9-5-8-14-6-3-2-4-7-14;1-24-12-17(20-13-24)30(27,28)21-11-16-22-19(29-23-16)15(10-18(25)26)9-5-8-14-6-3-2-4-7-14/h12-15,21,27H,2-11H2,1H3,(H,23,26);12-15,21H,2-11H2,1H3,(H,25,26)/t2*15-/m11/s1. The number of hydroxylamine groups is 1. The molecule has 2 saturated carbocycles. The molecule has 61 heavy (non-hydrogen) atoms. The number of carboxylic acids is 1. The van der Waals surface area contributed by atoms with Gasteiger partial charge in [-0.2, -0.15) is 9.97 Å². The van der Waals surface area contributed by atoms with Crippen molar-refractivity contribution < 1.29 is 45.8 Å². The van der Waals surface area contributed by atoms with E-state index in [9.17, 15) is 31.5 Å². The highest BCUT2D eigenvalue weighted by atomic mass is 32.2. The maximum Gasteiger partial charge on any atom is 0.304 e. The molecule has 338 valence electrons. The van der Waals surface area contributed by atoms with Crippen molar-refractivity contribution in [3.8, 4) is 0 Å². The molecular weight excluding hydrogens is 835 g/mol. The van der Waals surface area contributed by atoms with Gasteiger partial charge in [0.05, 0.1) is 32.2 Å². The summed E-state index contributed by atoms with van der Waals surface area (Å²) in [6.45, 7) is -0.326. The smallest absolute Gasteiger partial charge is 0.304 e. The summed E-state index contributed by atoms with van der Waals surface area (Å²) in [7, 11) is -4.24. The van der Waals surface area contributed by atoms with Gasteiger partial charge >= 0.3 is 5.97 Å². The number of aromatic nitrogens is 8. The van der Waals surface area contributed by atoms with Crippen LogP contribution in [0.3, 0.4) is 0 Å². The maximum absolute atomic E-state index is 12.3. The summed E-state index contributed by atoms with van der Waals surface area (Å²) in [6.07, 6.45) is 23.6. The highest BCUT2D eigenvalue weighted by Crippen LogP contribution is 2.32. The van der Waals surface area contributed by atoms with E-state index in [0.717, 1.165) is 37.5 Å². The number of carbonyl (C=O) groups excluding carboxylic acids is 1. The van der Waals surface area contributed by atoms with Crippen molar-refractivity contribution in [1.29, 1.82) is 0 Å². The molecule has 0 saturated heterocycles. The van der Waals surface area contributed by atoms with Gasteiger partial charge in [0.1, 0.15) is 0 Å². The SMILES string of the molecule is Cn1cnc(S(=O)(=O)NCc2noc([C@H](CCCC3CCCCC3)CC(=O)NO)n2)c1.Cn1cnc(S(=O)(=O)NCc2noc([C@H](CCCC3CCCCC3)CC(=O)O)n2)c1. The predicted octanol–water partition coefficient (Wildman–Crippen LogP) is 4.60. The highest BCUT2D eigenvalue weighted by molar-refractivity contribution is 7.89. The molecule has 5 N–H and O–H groups in total. The molecule has 1 amide bonds. The number of hydrogen-bond donors (Lipinski definition) is 5. The van der Waals surface area contributed by atoms with Crippen LogP contribution >= 0.6 is 0 Å². The number of nitrogens with zero attached hydrogens (tertiary/aromatic N) is 8. The van der Waals surface area contributed by atoms with Crippen molar-refractivity contribution in [1.82, 2.24) is 54.3 Å². The Morgan fingerprint density at radius 1 is 0.721 bits per heavy atom. The number of carbonyl (C=O) groups is 2. The lowest BCUT2D eigenvalue weighted by Crippen LogP contribution is -2.24. The van der Waals surface area contributed by atoms with E-state index in [1.807, 2.05) is 0 Å². The first-order chi connectivity index (χ1) is 29.2. The van der Waals surface area contributed by atoms with Crippen LogP contribution in [0.2, 0.25) is 0 Å². The molecule has 2 aliphatic rings. The summed E-state index contributed by atoms with van der Waals surface area (Å²) in [5.74, 6) is 0.107. The van der Waals surface area contributed by atoms with Gasteiger partial charge in [0, 0.05) is 44.7 Å². The van der Waals surface area contributed by atoms with E-state index in [0.29, 0.717) is 12.8 Å². The second-order valence-electron chi connectivity index (χ2n) is 16.1. The topological polar surface area (TPSA) is 292 Å². The van der Waals surface area contributed by atoms with E-state index >= 15 is 0 Å². The summed E-state index contributed by atoms with van der Waals surface area (Å²) in [5, 5.41) is 25.6. The van der Waals surface area contributed by atoms with E-state index in [2.05, 4.69) is 39.7 Å². The average molecular weight is 894 g/mol. The van der Waals surface area contributed by atoms with Crippen molar-refractivity contribution in [3.05, 3.63) is 48.5 Å². The lowest BCUT2D eigenvalue weighted by atomic mass is 9.84. The van der Waals surface area contributed by atoms with Gasteiger partial charge in [-0.15, -0.1) is 0 Å². The third-order valence-corrected chi connectivity index (χ3v) is 13.7. The number of aryl methyl sites for hydroxylation is 2. The highest BCUT2D eigenvalue weighted by Gasteiger charge is 2.26. The number of nitrogens with one attached hydrogen (secondary N) is 3. The number of rotatable bonds is 22. The minimum atomic E-state index is -3.80. The van der Waals surface area contributed by atoms with Crippen LogP contribution < -0.4 is 14.9 Å². The Morgan fingerprint density at radius 2 is 1.15 bits per heavy atom. The second kappa shape index (κ2) is 23.0. The van der Waals surface area contributed by atoms with Crippen molar-refractivity contribution in [2.75, 3.05) is 0 Å². The van der Waals surface area contributed by atoms with Crippen LogP contribution in [0.4, 0.5) is 0 Å². The minimum absolute atomic E-state index is 0.0163. The first kappa shape index (κ1) is 47.5. The van der Waals surface area contributed by atoms with Gasteiger partial charge in [-0.25, -0.2) is 41.7 Å². The van der Waals surface area contributed by atoms with Crippen LogP contribution in [0.1, 0.15) is 151 Å². The van der Waals surface area contributed by atoms with E-state index in [1.165, 1.54) is 98.4 Å². The Labute approximate surface area is 355 Å². The van der Waals surface area contributed by atoms with Crippen LogP contribution in [0.15, 0.2) is 44.1 Å². The van der Waals surface area contributed by atoms with Gasteiger partial charge in [0.25, 0.3) is 20.0 Å². The molecule has 2 fully saturated rings. The third-order valence-electron chi connectivity index (χ3n) is 11.2. The molecule has 0 radical (unpaired) electrons. The molecule has 0 spiro atoms. The Hall–Kier alpha value is -4.58. The molecule has 2 aliphatic carbocycles. The Kier molecular flexibility index (Phi) is 17.9. The number of imidazole rings is 2. The molecule has 0 aromatic carbocycles. The van der Waals surface area contributed by atoms with Gasteiger partial charge < -0.3 is 23.3 Å². The summed E-state index contributed by atoms with van der Waals surface area (Å²) < 4.78 is 67.5. The zero-order valence-corrected chi connectivity index (χ0v) is 36.4. The summed E-state index contributed by atoms with van der Waals surface area (Å²) >= 11 is 0. The second-order valence-corrected chi connectivity index (χ2v) is 19.5. The Bertz CT molecular complexity index is 2190. The van der Waals surface area contributed by atoms with Gasteiger partial charge in [-0.3, -0.25) is 14.8 Å². The van der Waals surface area contributed by atoms with Crippen LogP contribution in [0.5, 0.6) is 0 Å². The Balaban J connectivity index is 0.000000231. The van der Waals surface area contributed by atoms with E-state index in [4.69, 9.17) is 14.3 Å². The van der Waals surface area contributed by atoms with Crippen LogP contribution in [-0.2, 0) is 56.8 Å². The summed E-state index contributed by atoms with van der Waals surface area (Å²) in [6, 6.07) is 0. The fourth-order valence-corrected chi connectivity index (χ4v) is 9.81. The molecule has 6 rings (SSSR count). The van der Waals surface area contributed by atoms with Crippen LogP contribution in [0.25, 0.3) is 0 Å². The molecular formula is C38H59N11O10S2. The number of aliphatic carboxylic acids is 1. The van der Waals surface area contributed by atoms with Gasteiger partial charge in [-0.05, 0) is 24.7 Å². The predicted molar refractivity (Wildman–Crippen MR) is 216 cm³/mol. The molecule has 4 aromatic rings. The minimum Gasteiger partial charge on any atom is -0.481 e. The van der Waals surface area contributed by atoms with Crippen LogP contribution in [0, 0.1) is 11.8 Å². The molecule has 4 heterocycles. The summed E-state index contributed by atoms with van der Waals surface area (Å²) in [4.78, 5) is 39.2. The van der Waals surface area contributed by atoms with Crippen molar-refractivity contribution in [2.24, 2.45) is 25.9 Å². The fourth-order valence-electron chi connectivity index (χ4n) is 7.90. The molecule has 21 nitrogen and oxygen atoms in total. The van der Waals surface area contributed by atoms with Gasteiger partial charge in [0.15, 0.2) is 21.7 Å². The van der Waals surface area contributed by atoms with Crippen molar-refractivity contribution >= 4 is 31.9 Å². The number of carboxylic acid groups (broad SMARTS) is 1.